The molecule has 294 valence electrons. The van der Waals surface area contributed by atoms with Crippen LogP contribution in [0.5, 0.6) is 0 Å². The number of fused-ring (bicyclic) bond motifs is 1. The summed E-state index contributed by atoms with van der Waals surface area (Å²) >= 11 is 0. The van der Waals surface area contributed by atoms with Gasteiger partial charge < -0.3 is 38.6 Å². The van der Waals surface area contributed by atoms with Crippen LogP contribution in [0.2, 0.25) is 0 Å². The summed E-state index contributed by atoms with van der Waals surface area (Å²) in [7, 11) is 5.23. The molecule has 3 saturated heterocycles. The minimum absolute atomic E-state index is 0.0970. The molecule has 3 aliphatic rings. The van der Waals surface area contributed by atoms with Gasteiger partial charge in [-0.3, -0.25) is 14.4 Å². The molecule has 3 heterocycles. The van der Waals surface area contributed by atoms with Gasteiger partial charge in [0.05, 0.1) is 35.5 Å². The number of amides is 1. The highest BCUT2D eigenvalue weighted by molar-refractivity contribution is 6.00. The van der Waals surface area contributed by atoms with Crippen molar-refractivity contribution >= 4 is 29.6 Å². The van der Waals surface area contributed by atoms with E-state index in [0.29, 0.717) is 18.4 Å². The highest BCUT2D eigenvalue weighted by atomic mass is 16.7. The summed E-state index contributed by atoms with van der Waals surface area (Å²) < 4.78 is 37.3. The molecule has 13 heteroatoms. The standard InChI is InChI=1S/C40H58N2O11/c1-12-13-19-29-40(8)33(41-38(47)53-40)24(4)30(43)22(2)21-39(7,48-11)34(25(5)31(44)26(6)35(45)50-29)52-37-32(28(42(9)10)20-23(3)49-37)51-36(46)27-17-15-14-16-18-27/h12,14-18,22-26,28-29,32-34,37H,1,13,19-21H2,2-11H3,(H,41,47)/t22-,23?,24+,25+,26?,28?,29-,32?,33?,34?,37?,39?,40?/m1/s1. The number of cyclic esters (lactones) is 1. The Morgan fingerprint density at radius 1 is 1.02 bits per heavy atom. The fourth-order valence-electron chi connectivity index (χ4n) is 8.19. The number of alkyl carbamates (subject to hydrolysis) is 1. The van der Waals surface area contributed by atoms with Crippen molar-refractivity contribution in [3.8, 4) is 0 Å². The van der Waals surface area contributed by atoms with Crippen LogP contribution in [0.3, 0.4) is 0 Å². The number of nitrogens with one attached hydrogen (secondary N) is 1. The van der Waals surface area contributed by atoms with E-state index < -0.39 is 89.3 Å². The van der Waals surface area contributed by atoms with Gasteiger partial charge in [0.15, 0.2) is 23.8 Å². The van der Waals surface area contributed by atoms with E-state index in [-0.39, 0.29) is 30.8 Å². The van der Waals surface area contributed by atoms with Crippen LogP contribution in [0, 0.1) is 23.7 Å². The number of esters is 2. The number of ether oxygens (including phenoxy) is 6. The van der Waals surface area contributed by atoms with Gasteiger partial charge in [0, 0.05) is 24.9 Å². The van der Waals surface area contributed by atoms with E-state index in [4.69, 9.17) is 28.4 Å². The Labute approximate surface area is 313 Å². The number of Topliss-reactive ketones (excluding diaryl/α,β-unsaturated/α-hetero) is 2. The molecular formula is C40H58N2O11. The molecule has 4 rings (SSSR count). The van der Waals surface area contributed by atoms with Crippen LogP contribution in [0.25, 0.3) is 0 Å². The number of benzene rings is 1. The lowest BCUT2D eigenvalue weighted by Gasteiger charge is -2.47. The largest absolute Gasteiger partial charge is 0.457 e. The molecule has 3 aliphatic heterocycles. The Morgan fingerprint density at radius 2 is 1.68 bits per heavy atom. The van der Waals surface area contributed by atoms with E-state index >= 15 is 0 Å². The van der Waals surface area contributed by atoms with Crippen molar-refractivity contribution in [3.05, 3.63) is 48.6 Å². The molecule has 9 unspecified atom stereocenters. The Balaban J connectivity index is 1.79. The fraction of sp³-hybridized carbons (Fsp3) is 0.675. The molecule has 0 spiro atoms. The van der Waals surface area contributed by atoms with E-state index in [1.54, 1.807) is 71.0 Å². The monoisotopic (exact) mass is 742 g/mol. The number of likely N-dealkylation sites (N-methyl/N-ethyl adjacent to an activating group) is 1. The molecule has 13 atom stereocenters. The molecule has 0 radical (unpaired) electrons. The number of carbonyl (C=O) groups is 5. The maximum absolute atomic E-state index is 14.4. The first kappa shape index (κ1) is 42.1. The number of carbonyl (C=O) groups excluding carboxylic acids is 5. The number of methoxy groups -OCH3 is 1. The van der Waals surface area contributed by atoms with Crippen molar-refractivity contribution in [3.63, 3.8) is 0 Å². The first-order chi connectivity index (χ1) is 24.9. The first-order valence-corrected chi connectivity index (χ1v) is 18.5. The number of nitrogens with zero attached hydrogens (tertiary/aromatic N) is 1. The molecule has 53 heavy (non-hydrogen) atoms. The number of hydrogen-bond donors (Lipinski definition) is 1. The Morgan fingerprint density at radius 3 is 2.28 bits per heavy atom. The zero-order chi connectivity index (χ0) is 39.4. The zero-order valence-corrected chi connectivity index (χ0v) is 32.8. The molecule has 1 aromatic rings. The molecule has 13 nitrogen and oxygen atoms in total. The van der Waals surface area contributed by atoms with Crippen molar-refractivity contribution in [1.82, 2.24) is 10.2 Å². The summed E-state index contributed by atoms with van der Waals surface area (Å²) in [5.74, 6) is -5.77. The predicted molar refractivity (Wildman–Crippen MR) is 195 cm³/mol. The van der Waals surface area contributed by atoms with Crippen LogP contribution in [0.15, 0.2) is 43.0 Å². The van der Waals surface area contributed by atoms with Crippen molar-refractivity contribution in [2.24, 2.45) is 23.7 Å². The van der Waals surface area contributed by atoms with Gasteiger partial charge in [-0.25, -0.2) is 9.59 Å². The Hall–Kier alpha value is -3.65. The SMILES string of the molecule is C=CCC[C@H]1OC(=O)C(C)C(=O)[C@H](C)C(OC2OC(C)CC(N(C)C)C2OC(=O)c2ccccc2)C(C)(OC)C[C@@H](C)C(=O)[C@H](C)C2NC(=O)OC21C. The summed E-state index contributed by atoms with van der Waals surface area (Å²) in [6.45, 7) is 15.7. The lowest BCUT2D eigenvalue weighted by atomic mass is 9.73. The predicted octanol–water partition coefficient (Wildman–Crippen LogP) is 4.90. The fourth-order valence-corrected chi connectivity index (χ4v) is 8.19. The normalized spacial score (nSPS) is 38.6. The molecule has 0 saturated carbocycles. The van der Waals surface area contributed by atoms with Crippen LogP contribution in [0.1, 0.15) is 84.5 Å². The second-order valence-electron chi connectivity index (χ2n) is 15.6. The minimum atomic E-state index is -1.41. The topological polar surface area (TPSA) is 156 Å². The Bertz CT molecular complexity index is 1500. The van der Waals surface area contributed by atoms with Crippen molar-refractivity contribution in [1.29, 1.82) is 0 Å². The van der Waals surface area contributed by atoms with Gasteiger partial charge in [-0.15, -0.1) is 6.58 Å². The number of hydrogen-bond acceptors (Lipinski definition) is 12. The molecule has 0 aliphatic carbocycles. The number of allylic oxidation sites excluding steroid dienone is 1. The van der Waals surface area contributed by atoms with Gasteiger partial charge in [-0.1, -0.05) is 45.0 Å². The zero-order valence-electron chi connectivity index (χ0n) is 32.8. The number of rotatable bonds is 9. The van der Waals surface area contributed by atoms with Crippen LogP contribution in [-0.2, 0) is 42.8 Å². The third-order valence-corrected chi connectivity index (χ3v) is 11.4. The van der Waals surface area contributed by atoms with Gasteiger partial charge in [0.2, 0.25) is 0 Å². The molecule has 1 N–H and O–H groups in total. The van der Waals surface area contributed by atoms with E-state index in [9.17, 15) is 24.0 Å². The second-order valence-corrected chi connectivity index (χ2v) is 15.6. The van der Waals surface area contributed by atoms with Gasteiger partial charge in [-0.05, 0) is 79.6 Å². The highest BCUT2D eigenvalue weighted by Gasteiger charge is 2.57. The quantitative estimate of drug-likeness (QED) is 0.158. The first-order valence-electron chi connectivity index (χ1n) is 18.5. The molecule has 0 aromatic heterocycles. The van der Waals surface area contributed by atoms with Crippen molar-refractivity contribution in [2.45, 2.75) is 128 Å². The van der Waals surface area contributed by atoms with E-state index in [1.165, 1.54) is 14.0 Å². The molecule has 1 amide bonds. The summed E-state index contributed by atoms with van der Waals surface area (Å²) in [4.78, 5) is 70.7. The lowest BCUT2D eigenvalue weighted by Crippen LogP contribution is -2.60. The van der Waals surface area contributed by atoms with E-state index in [2.05, 4.69) is 11.9 Å². The molecular weight excluding hydrogens is 684 g/mol. The van der Waals surface area contributed by atoms with Gasteiger partial charge >= 0.3 is 18.0 Å². The molecule has 1 aromatic carbocycles. The highest BCUT2D eigenvalue weighted by Crippen LogP contribution is 2.40. The minimum Gasteiger partial charge on any atom is -0.457 e. The third kappa shape index (κ3) is 9.01. The van der Waals surface area contributed by atoms with Crippen LogP contribution in [-0.4, -0.2) is 110 Å². The summed E-state index contributed by atoms with van der Waals surface area (Å²) in [5, 5.41) is 2.79. The van der Waals surface area contributed by atoms with Crippen LogP contribution in [0.4, 0.5) is 4.79 Å². The van der Waals surface area contributed by atoms with E-state index in [0.717, 1.165) is 0 Å². The maximum atomic E-state index is 14.4. The average molecular weight is 743 g/mol. The number of ketones is 2. The van der Waals surface area contributed by atoms with Gasteiger partial charge in [0.25, 0.3) is 0 Å². The summed E-state index contributed by atoms with van der Waals surface area (Å²) in [6.07, 6.45) is -2.30. The van der Waals surface area contributed by atoms with Crippen LogP contribution >= 0.6 is 0 Å². The smallest absolute Gasteiger partial charge is 0.408 e. The Kier molecular flexibility index (Phi) is 13.7. The van der Waals surface area contributed by atoms with Gasteiger partial charge in [-0.2, -0.15) is 0 Å². The lowest BCUT2D eigenvalue weighted by molar-refractivity contribution is -0.294. The van der Waals surface area contributed by atoms with Crippen LogP contribution < -0.4 is 5.32 Å². The van der Waals surface area contributed by atoms with E-state index in [1.807, 2.05) is 25.9 Å². The second kappa shape index (κ2) is 17.2. The third-order valence-electron chi connectivity index (χ3n) is 11.4. The molecule has 3 fully saturated rings. The maximum Gasteiger partial charge on any atom is 0.408 e. The van der Waals surface area contributed by atoms with Gasteiger partial charge in [0.1, 0.15) is 17.8 Å². The average Bonchev–Trinajstić information content (AvgIpc) is 3.45. The van der Waals surface area contributed by atoms with Crippen molar-refractivity contribution < 1.29 is 52.4 Å². The molecule has 0 bridgehead atoms. The van der Waals surface area contributed by atoms with Crippen molar-refractivity contribution in [2.75, 3.05) is 21.2 Å². The summed E-state index contributed by atoms with van der Waals surface area (Å²) in [6, 6.07) is 7.43. The summed E-state index contributed by atoms with van der Waals surface area (Å²) in [5.41, 5.74) is -2.37.